The molecule has 0 fully saturated rings. The molecular weight excluding hydrogens is 266 g/mol. The number of amidine groups is 1. The van der Waals surface area contributed by atoms with Crippen LogP contribution in [0.3, 0.4) is 0 Å². The van der Waals surface area contributed by atoms with Crippen molar-refractivity contribution in [3.05, 3.63) is 53.2 Å². The molecule has 0 unspecified atom stereocenters. The van der Waals surface area contributed by atoms with Crippen molar-refractivity contribution >= 4 is 11.7 Å². The zero-order valence-corrected chi connectivity index (χ0v) is 10.4. The van der Waals surface area contributed by atoms with Crippen LogP contribution in [0.15, 0.2) is 30.5 Å². The molecule has 0 bridgehead atoms. The summed E-state index contributed by atoms with van der Waals surface area (Å²) in [5.41, 5.74) is 11.5. The largest absolute Gasteiger partial charge is 0.487 e. The van der Waals surface area contributed by atoms with E-state index in [9.17, 15) is 8.78 Å². The average Bonchev–Trinajstić information content (AvgIpc) is 2.36. The summed E-state index contributed by atoms with van der Waals surface area (Å²) in [4.78, 5) is 3.83. The number of ether oxygens (including phenoxy) is 1. The lowest BCUT2D eigenvalue weighted by molar-refractivity contribution is 0.303. The highest BCUT2D eigenvalue weighted by atomic mass is 19.1. The monoisotopic (exact) mass is 278 g/mol. The van der Waals surface area contributed by atoms with E-state index < -0.39 is 11.6 Å². The first-order valence-electron chi connectivity index (χ1n) is 5.63. The summed E-state index contributed by atoms with van der Waals surface area (Å²) in [6.45, 7) is -0.0440. The van der Waals surface area contributed by atoms with Gasteiger partial charge in [-0.15, -0.1) is 0 Å². The molecule has 20 heavy (non-hydrogen) atoms. The summed E-state index contributed by atoms with van der Waals surface area (Å²) >= 11 is 0. The van der Waals surface area contributed by atoms with Crippen LogP contribution in [0.4, 0.5) is 14.6 Å². The highest BCUT2D eigenvalue weighted by Crippen LogP contribution is 2.18. The molecule has 1 aromatic heterocycles. The molecule has 0 saturated carbocycles. The molecule has 5 nitrogen and oxygen atoms in total. The van der Waals surface area contributed by atoms with Crippen LogP contribution < -0.4 is 16.2 Å². The first-order valence-corrected chi connectivity index (χ1v) is 5.63. The van der Waals surface area contributed by atoms with E-state index in [0.717, 1.165) is 6.07 Å². The second-order valence-corrected chi connectivity index (χ2v) is 4.08. The van der Waals surface area contributed by atoms with E-state index >= 15 is 0 Å². The van der Waals surface area contributed by atoms with Gasteiger partial charge in [0, 0.05) is 6.07 Å². The summed E-state index contributed by atoms with van der Waals surface area (Å²) < 4.78 is 31.4. The van der Waals surface area contributed by atoms with E-state index in [1.165, 1.54) is 24.4 Å². The highest BCUT2D eigenvalue weighted by Gasteiger charge is 2.07. The zero-order valence-electron chi connectivity index (χ0n) is 10.4. The highest BCUT2D eigenvalue weighted by molar-refractivity contribution is 5.99. The molecule has 1 aromatic carbocycles. The third-order valence-corrected chi connectivity index (χ3v) is 2.51. The Bertz CT molecular complexity index is 641. The van der Waals surface area contributed by atoms with E-state index in [4.69, 9.17) is 21.6 Å². The van der Waals surface area contributed by atoms with Gasteiger partial charge in [-0.1, -0.05) is 0 Å². The molecule has 0 aliphatic rings. The Morgan fingerprint density at radius 1 is 1.20 bits per heavy atom. The predicted molar refractivity (Wildman–Crippen MR) is 70.4 cm³/mol. The lowest BCUT2D eigenvalue weighted by Crippen LogP contribution is -2.14. The fourth-order valence-corrected chi connectivity index (χ4v) is 1.61. The second-order valence-electron chi connectivity index (χ2n) is 4.08. The number of pyridine rings is 1. The van der Waals surface area contributed by atoms with E-state index in [-0.39, 0.29) is 23.8 Å². The molecule has 104 valence electrons. The Labute approximate surface area is 113 Å². The number of nitrogens with zero attached hydrogens (tertiary/aromatic N) is 1. The molecule has 0 atom stereocenters. The van der Waals surface area contributed by atoms with Crippen LogP contribution in [-0.2, 0) is 6.61 Å². The molecular formula is C13H12F2N4O. The second kappa shape index (κ2) is 5.52. The van der Waals surface area contributed by atoms with Gasteiger partial charge in [-0.25, -0.2) is 13.8 Å². The number of nitrogen functional groups attached to an aromatic ring is 2. The third-order valence-electron chi connectivity index (χ3n) is 2.51. The quantitative estimate of drug-likeness (QED) is 0.586. The van der Waals surface area contributed by atoms with Crippen molar-refractivity contribution in [3.63, 3.8) is 0 Å². The summed E-state index contributed by atoms with van der Waals surface area (Å²) in [5.74, 6) is -1.18. The van der Waals surface area contributed by atoms with Gasteiger partial charge in [0.05, 0.1) is 11.8 Å². The molecule has 0 spiro atoms. The van der Waals surface area contributed by atoms with E-state index in [0.29, 0.717) is 11.3 Å². The van der Waals surface area contributed by atoms with Crippen molar-refractivity contribution in [1.82, 2.24) is 4.98 Å². The Morgan fingerprint density at radius 2 is 1.85 bits per heavy atom. The van der Waals surface area contributed by atoms with E-state index in [2.05, 4.69) is 4.98 Å². The van der Waals surface area contributed by atoms with Gasteiger partial charge in [0.1, 0.15) is 35.6 Å². The van der Waals surface area contributed by atoms with Crippen LogP contribution in [0.25, 0.3) is 0 Å². The normalized spacial score (nSPS) is 10.3. The van der Waals surface area contributed by atoms with Gasteiger partial charge in [0.2, 0.25) is 0 Å². The molecule has 0 aliphatic carbocycles. The van der Waals surface area contributed by atoms with Gasteiger partial charge in [0.15, 0.2) is 0 Å². The van der Waals surface area contributed by atoms with Gasteiger partial charge >= 0.3 is 0 Å². The minimum Gasteiger partial charge on any atom is -0.487 e. The van der Waals surface area contributed by atoms with Crippen LogP contribution in [0.5, 0.6) is 5.75 Å². The Hall–Kier alpha value is -2.70. The SMILES string of the molecule is N=C(N)c1cc(OCc2cc(F)cc(F)c2)cnc1N. The predicted octanol–water partition coefficient (Wildman–Crippen LogP) is 1.81. The smallest absolute Gasteiger partial charge is 0.139 e. The fourth-order valence-electron chi connectivity index (χ4n) is 1.61. The van der Waals surface area contributed by atoms with Gasteiger partial charge in [-0.3, -0.25) is 5.41 Å². The topological polar surface area (TPSA) is 98.0 Å². The maximum Gasteiger partial charge on any atom is 0.139 e. The number of hydrogen-bond donors (Lipinski definition) is 3. The minimum atomic E-state index is -0.677. The lowest BCUT2D eigenvalue weighted by atomic mass is 10.2. The Balaban J connectivity index is 2.14. The number of halogens is 2. The first kappa shape index (κ1) is 13.7. The van der Waals surface area contributed by atoms with Crippen molar-refractivity contribution < 1.29 is 13.5 Å². The Morgan fingerprint density at radius 3 is 2.45 bits per heavy atom. The van der Waals surface area contributed by atoms with Crippen molar-refractivity contribution in [2.75, 3.05) is 5.73 Å². The lowest BCUT2D eigenvalue weighted by Gasteiger charge is -2.09. The van der Waals surface area contributed by atoms with Crippen LogP contribution in [0.1, 0.15) is 11.1 Å². The number of rotatable bonds is 4. The third kappa shape index (κ3) is 3.19. The maximum absolute atomic E-state index is 13.0. The van der Waals surface area contributed by atoms with Crippen molar-refractivity contribution in [1.29, 1.82) is 5.41 Å². The molecule has 2 rings (SSSR count). The number of aromatic nitrogens is 1. The van der Waals surface area contributed by atoms with Crippen molar-refractivity contribution in [3.8, 4) is 5.75 Å². The summed E-state index contributed by atoms with van der Waals surface area (Å²) in [7, 11) is 0. The number of hydrogen-bond acceptors (Lipinski definition) is 4. The average molecular weight is 278 g/mol. The van der Waals surface area contributed by atoms with Gasteiger partial charge in [0.25, 0.3) is 0 Å². The van der Waals surface area contributed by atoms with Gasteiger partial charge < -0.3 is 16.2 Å². The van der Waals surface area contributed by atoms with Crippen LogP contribution in [0, 0.1) is 17.0 Å². The van der Waals surface area contributed by atoms with Crippen molar-refractivity contribution in [2.45, 2.75) is 6.61 Å². The Kier molecular flexibility index (Phi) is 3.79. The number of benzene rings is 1. The summed E-state index contributed by atoms with van der Waals surface area (Å²) in [6, 6.07) is 4.56. The molecule has 0 aliphatic heterocycles. The maximum atomic E-state index is 13.0. The molecule has 1 heterocycles. The number of anilines is 1. The zero-order chi connectivity index (χ0) is 14.7. The number of nitrogens with one attached hydrogen (secondary N) is 1. The van der Waals surface area contributed by atoms with E-state index in [1.54, 1.807) is 0 Å². The molecule has 7 heteroatoms. The minimum absolute atomic E-state index is 0.0440. The van der Waals surface area contributed by atoms with Crippen LogP contribution in [0.2, 0.25) is 0 Å². The summed E-state index contributed by atoms with van der Waals surface area (Å²) in [5, 5.41) is 7.33. The standard InChI is InChI=1S/C13H12F2N4O/c14-8-1-7(2-9(15)3-8)6-20-10-4-11(12(16)17)13(18)19-5-10/h1-5H,6H2,(H3,16,17)(H2,18,19). The van der Waals surface area contributed by atoms with Crippen molar-refractivity contribution in [2.24, 2.45) is 5.73 Å². The fraction of sp³-hybridized carbons (Fsp3) is 0.0769. The summed E-state index contributed by atoms with van der Waals surface area (Å²) in [6.07, 6.45) is 1.34. The van der Waals surface area contributed by atoms with Crippen LogP contribution in [-0.4, -0.2) is 10.8 Å². The number of nitrogens with two attached hydrogens (primary N) is 2. The molecule has 0 amide bonds. The molecule has 0 saturated heterocycles. The molecule has 5 N–H and O–H groups in total. The van der Waals surface area contributed by atoms with Gasteiger partial charge in [-0.2, -0.15) is 0 Å². The van der Waals surface area contributed by atoms with Gasteiger partial charge in [-0.05, 0) is 23.8 Å². The van der Waals surface area contributed by atoms with Crippen LogP contribution >= 0.6 is 0 Å². The first-order chi connectivity index (χ1) is 9.45. The van der Waals surface area contributed by atoms with E-state index in [1.807, 2.05) is 0 Å². The molecule has 0 radical (unpaired) electrons. The molecule has 2 aromatic rings.